The molecule has 1 saturated carbocycles. The zero-order valence-corrected chi connectivity index (χ0v) is 7.44. The fraction of sp³-hybridized carbons (Fsp3) is 0.500. The number of rotatable bonds is 4. The molecule has 13 heavy (non-hydrogen) atoms. The average molecular weight is 176 g/mol. The Balaban J connectivity index is 1.90. The Morgan fingerprint density at radius 1 is 1.46 bits per heavy atom. The Kier molecular flexibility index (Phi) is 2.08. The Hall–Kier alpha value is -1.25. The first-order chi connectivity index (χ1) is 6.35. The summed E-state index contributed by atoms with van der Waals surface area (Å²) in [5, 5.41) is 0. The minimum atomic E-state index is -0.00246. The number of hydrogen-bond donors (Lipinski definition) is 0. The third-order valence-electron chi connectivity index (χ3n) is 2.64. The molecule has 0 radical (unpaired) electrons. The van der Waals surface area contributed by atoms with Crippen LogP contribution in [-0.4, -0.2) is 16.3 Å². The molecule has 0 spiro atoms. The van der Waals surface area contributed by atoms with Gasteiger partial charge in [-0.2, -0.15) is 0 Å². The third kappa shape index (κ3) is 1.91. The van der Waals surface area contributed by atoms with Crippen LogP contribution in [0.15, 0.2) is 18.6 Å². The third-order valence-corrected chi connectivity index (χ3v) is 2.64. The summed E-state index contributed by atoms with van der Waals surface area (Å²) in [6.45, 7) is 0. The standard InChI is InChI=1S/C10H12N2O/c13-8-10(3-4-10)2-1-9-7-11-5-6-12-9/h5-8H,1-4H2. The normalized spacial score (nSPS) is 18.2. The summed E-state index contributed by atoms with van der Waals surface area (Å²) in [6.07, 6.45) is 10.1. The minimum absolute atomic E-state index is 0.00246. The maximum atomic E-state index is 10.7. The van der Waals surface area contributed by atoms with Gasteiger partial charge in [-0.25, -0.2) is 0 Å². The van der Waals surface area contributed by atoms with Gasteiger partial charge in [0.25, 0.3) is 0 Å². The van der Waals surface area contributed by atoms with Gasteiger partial charge in [-0.05, 0) is 25.7 Å². The van der Waals surface area contributed by atoms with Crippen LogP contribution in [0.1, 0.15) is 25.0 Å². The fourth-order valence-corrected chi connectivity index (χ4v) is 1.42. The van der Waals surface area contributed by atoms with Crippen molar-refractivity contribution >= 4 is 6.29 Å². The monoisotopic (exact) mass is 176 g/mol. The summed E-state index contributed by atoms with van der Waals surface area (Å²) < 4.78 is 0. The van der Waals surface area contributed by atoms with E-state index in [1.54, 1.807) is 18.6 Å². The quantitative estimate of drug-likeness (QED) is 0.651. The fourth-order valence-electron chi connectivity index (χ4n) is 1.42. The van der Waals surface area contributed by atoms with Gasteiger partial charge < -0.3 is 4.79 Å². The molecule has 1 aliphatic carbocycles. The molecule has 1 aliphatic rings. The molecule has 0 atom stereocenters. The highest BCUT2D eigenvalue weighted by atomic mass is 16.1. The van der Waals surface area contributed by atoms with Gasteiger partial charge in [0.15, 0.2) is 0 Å². The largest absolute Gasteiger partial charge is 0.303 e. The summed E-state index contributed by atoms with van der Waals surface area (Å²) in [6, 6.07) is 0. The van der Waals surface area contributed by atoms with Gasteiger partial charge >= 0.3 is 0 Å². The van der Waals surface area contributed by atoms with Crippen molar-refractivity contribution in [1.82, 2.24) is 9.97 Å². The molecule has 0 saturated heterocycles. The van der Waals surface area contributed by atoms with Crippen molar-refractivity contribution in [2.45, 2.75) is 25.7 Å². The van der Waals surface area contributed by atoms with Crippen LogP contribution in [0.25, 0.3) is 0 Å². The Labute approximate surface area is 77.2 Å². The Morgan fingerprint density at radius 3 is 2.85 bits per heavy atom. The van der Waals surface area contributed by atoms with Crippen LogP contribution in [0.3, 0.4) is 0 Å². The molecule has 3 heteroatoms. The zero-order chi connectivity index (χ0) is 9.15. The summed E-state index contributed by atoms with van der Waals surface area (Å²) >= 11 is 0. The highest BCUT2D eigenvalue weighted by molar-refractivity contribution is 5.63. The topological polar surface area (TPSA) is 42.9 Å². The number of aryl methyl sites for hydroxylation is 1. The SMILES string of the molecule is O=CC1(CCc2cnccn2)CC1. The van der Waals surface area contributed by atoms with Gasteiger partial charge in [0.1, 0.15) is 6.29 Å². The number of hydrogen-bond acceptors (Lipinski definition) is 3. The van der Waals surface area contributed by atoms with Gasteiger partial charge in [0.2, 0.25) is 0 Å². The molecule has 0 amide bonds. The van der Waals surface area contributed by atoms with E-state index in [0.717, 1.165) is 37.7 Å². The van der Waals surface area contributed by atoms with Gasteiger partial charge in [-0.15, -0.1) is 0 Å². The van der Waals surface area contributed by atoms with Gasteiger partial charge in [-0.3, -0.25) is 9.97 Å². The molecule has 1 aromatic heterocycles. The molecule has 1 aromatic rings. The van der Waals surface area contributed by atoms with Crippen molar-refractivity contribution in [2.24, 2.45) is 5.41 Å². The molecule has 1 heterocycles. The van der Waals surface area contributed by atoms with E-state index in [0.29, 0.717) is 0 Å². The average Bonchev–Trinajstić information content (AvgIpc) is 2.97. The van der Waals surface area contributed by atoms with E-state index in [1.807, 2.05) is 0 Å². The number of carbonyl (C=O) groups excluding carboxylic acids is 1. The van der Waals surface area contributed by atoms with Crippen LogP contribution in [0.4, 0.5) is 0 Å². The van der Waals surface area contributed by atoms with E-state index >= 15 is 0 Å². The highest BCUT2D eigenvalue weighted by Gasteiger charge is 2.41. The molecule has 0 N–H and O–H groups in total. The van der Waals surface area contributed by atoms with E-state index < -0.39 is 0 Å². The lowest BCUT2D eigenvalue weighted by molar-refractivity contribution is -0.112. The van der Waals surface area contributed by atoms with Crippen LogP contribution in [0, 0.1) is 5.41 Å². The van der Waals surface area contributed by atoms with Gasteiger partial charge in [0.05, 0.1) is 5.69 Å². The van der Waals surface area contributed by atoms with Crippen LogP contribution in [0.2, 0.25) is 0 Å². The lowest BCUT2D eigenvalue weighted by Crippen LogP contribution is -2.04. The molecular formula is C10H12N2O. The summed E-state index contributed by atoms with van der Waals surface area (Å²) in [5.41, 5.74) is 0.980. The van der Waals surface area contributed by atoms with E-state index in [2.05, 4.69) is 9.97 Å². The van der Waals surface area contributed by atoms with Crippen LogP contribution >= 0.6 is 0 Å². The molecule has 0 aliphatic heterocycles. The lowest BCUT2D eigenvalue weighted by atomic mass is 10.0. The van der Waals surface area contributed by atoms with Crippen LogP contribution in [0.5, 0.6) is 0 Å². The van der Waals surface area contributed by atoms with Crippen molar-refractivity contribution < 1.29 is 4.79 Å². The minimum Gasteiger partial charge on any atom is -0.303 e. The summed E-state index contributed by atoms with van der Waals surface area (Å²) in [5.74, 6) is 0. The Morgan fingerprint density at radius 2 is 2.31 bits per heavy atom. The van der Waals surface area contributed by atoms with Crippen molar-refractivity contribution in [2.75, 3.05) is 0 Å². The molecule has 0 aromatic carbocycles. The van der Waals surface area contributed by atoms with Gasteiger partial charge in [-0.1, -0.05) is 0 Å². The highest BCUT2D eigenvalue weighted by Crippen LogP contribution is 2.47. The van der Waals surface area contributed by atoms with E-state index in [1.165, 1.54) is 0 Å². The second kappa shape index (κ2) is 3.24. The second-order valence-corrected chi connectivity index (χ2v) is 3.68. The first-order valence-corrected chi connectivity index (χ1v) is 4.56. The Bertz CT molecular complexity index is 293. The first-order valence-electron chi connectivity index (χ1n) is 4.56. The predicted molar refractivity (Wildman–Crippen MR) is 48.1 cm³/mol. The molecule has 0 unspecified atom stereocenters. The van der Waals surface area contributed by atoms with Gasteiger partial charge in [0, 0.05) is 24.0 Å². The smallest absolute Gasteiger partial charge is 0.126 e. The van der Waals surface area contributed by atoms with Crippen molar-refractivity contribution in [1.29, 1.82) is 0 Å². The molecular weight excluding hydrogens is 164 g/mol. The number of nitrogens with zero attached hydrogens (tertiary/aromatic N) is 2. The molecule has 2 rings (SSSR count). The van der Waals surface area contributed by atoms with Crippen LogP contribution in [-0.2, 0) is 11.2 Å². The number of aromatic nitrogens is 2. The predicted octanol–water partition coefficient (Wildman–Crippen LogP) is 1.39. The first kappa shape index (κ1) is 8.35. The molecule has 1 fully saturated rings. The second-order valence-electron chi connectivity index (χ2n) is 3.68. The van der Waals surface area contributed by atoms with Crippen molar-refractivity contribution in [3.05, 3.63) is 24.3 Å². The van der Waals surface area contributed by atoms with E-state index in [9.17, 15) is 4.79 Å². The molecule has 0 bridgehead atoms. The van der Waals surface area contributed by atoms with Crippen molar-refractivity contribution in [3.8, 4) is 0 Å². The zero-order valence-electron chi connectivity index (χ0n) is 7.44. The maximum Gasteiger partial charge on any atom is 0.126 e. The lowest BCUT2D eigenvalue weighted by Gasteiger charge is -2.04. The van der Waals surface area contributed by atoms with E-state index in [4.69, 9.17) is 0 Å². The molecule has 68 valence electrons. The van der Waals surface area contributed by atoms with Crippen molar-refractivity contribution in [3.63, 3.8) is 0 Å². The van der Waals surface area contributed by atoms with E-state index in [-0.39, 0.29) is 5.41 Å². The molecule has 3 nitrogen and oxygen atoms in total. The summed E-state index contributed by atoms with van der Waals surface area (Å²) in [7, 11) is 0. The van der Waals surface area contributed by atoms with Crippen LogP contribution < -0.4 is 0 Å². The summed E-state index contributed by atoms with van der Waals surface area (Å²) in [4.78, 5) is 18.8. The number of aldehydes is 1. The maximum absolute atomic E-state index is 10.7. The number of carbonyl (C=O) groups is 1.